The fraction of sp³-hybridized carbons (Fsp3) is 0.158. The van der Waals surface area contributed by atoms with Crippen molar-refractivity contribution in [2.45, 2.75) is 13.8 Å². The van der Waals surface area contributed by atoms with Crippen LogP contribution in [0.5, 0.6) is 0 Å². The molecule has 2 aromatic carbocycles. The maximum absolute atomic E-state index is 11.9. The Morgan fingerprint density at radius 2 is 1.88 bits per heavy atom. The van der Waals surface area contributed by atoms with Crippen molar-refractivity contribution in [2.24, 2.45) is 0 Å². The lowest BCUT2D eigenvalue weighted by molar-refractivity contribution is -0.142. The van der Waals surface area contributed by atoms with Gasteiger partial charge in [-0.3, -0.25) is 4.79 Å². The third kappa shape index (κ3) is 5.35. The molecule has 1 N–H and O–H groups in total. The molecular weight excluding hydrogens is 370 g/mol. The smallest absolute Gasteiger partial charge is 0.331 e. The zero-order valence-corrected chi connectivity index (χ0v) is 15.1. The Morgan fingerprint density at radius 1 is 1.12 bits per heavy atom. The molecule has 0 atom stereocenters. The van der Waals surface area contributed by atoms with Gasteiger partial charge in [-0.2, -0.15) is 0 Å². The third-order valence-electron chi connectivity index (χ3n) is 3.40. The minimum atomic E-state index is -0.555. The minimum absolute atomic E-state index is 0.327. The van der Waals surface area contributed by atoms with Crippen molar-refractivity contribution < 1.29 is 14.3 Å². The van der Waals surface area contributed by atoms with E-state index in [9.17, 15) is 9.59 Å². The van der Waals surface area contributed by atoms with Gasteiger partial charge in [0, 0.05) is 16.2 Å². The number of nitrogens with one attached hydrogen (secondary N) is 1. The predicted octanol–water partition coefficient (Wildman–Crippen LogP) is 4.26. The van der Waals surface area contributed by atoms with Crippen LogP contribution in [0.1, 0.15) is 16.7 Å². The van der Waals surface area contributed by atoms with Crippen molar-refractivity contribution in [2.75, 3.05) is 11.9 Å². The number of aryl methyl sites for hydroxylation is 2. The Balaban J connectivity index is 1.85. The van der Waals surface area contributed by atoms with Gasteiger partial charge >= 0.3 is 5.97 Å². The molecule has 0 aliphatic carbocycles. The molecule has 0 spiro atoms. The van der Waals surface area contributed by atoms with Crippen LogP contribution < -0.4 is 5.32 Å². The van der Waals surface area contributed by atoms with Crippen molar-refractivity contribution >= 4 is 39.6 Å². The van der Waals surface area contributed by atoms with E-state index in [1.165, 1.54) is 6.08 Å². The van der Waals surface area contributed by atoms with Gasteiger partial charge in [-0.05, 0) is 54.8 Å². The highest BCUT2D eigenvalue weighted by atomic mass is 79.9. The second-order valence-electron chi connectivity index (χ2n) is 5.31. The lowest BCUT2D eigenvalue weighted by atomic mass is 10.1. The molecule has 4 nitrogen and oxygen atoms in total. The third-order valence-corrected chi connectivity index (χ3v) is 3.89. The number of esters is 1. The van der Waals surface area contributed by atoms with Gasteiger partial charge in [-0.25, -0.2) is 4.79 Å². The number of amides is 1. The first kappa shape index (κ1) is 17.9. The van der Waals surface area contributed by atoms with Crippen LogP contribution in [0, 0.1) is 13.8 Å². The van der Waals surface area contributed by atoms with Crippen LogP contribution in [0.25, 0.3) is 6.08 Å². The van der Waals surface area contributed by atoms with Crippen LogP contribution in [0.2, 0.25) is 0 Å². The van der Waals surface area contributed by atoms with Crippen molar-refractivity contribution in [1.82, 2.24) is 0 Å². The first-order chi connectivity index (χ1) is 11.5. The molecule has 124 valence electrons. The topological polar surface area (TPSA) is 55.4 Å². The lowest BCUT2D eigenvalue weighted by Crippen LogP contribution is -2.20. The predicted molar refractivity (Wildman–Crippen MR) is 98.7 cm³/mol. The molecule has 0 fully saturated rings. The number of halogens is 1. The van der Waals surface area contributed by atoms with Crippen LogP contribution in [0.15, 0.2) is 53.0 Å². The summed E-state index contributed by atoms with van der Waals surface area (Å²) in [7, 11) is 0. The number of carbonyl (C=O) groups is 2. The summed E-state index contributed by atoms with van der Waals surface area (Å²) in [6, 6.07) is 13.2. The molecule has 1 amide bonds. The number of anilines is 1. The standard InChI is InChI=1S/C19H18BrNO3/c1-13-5-3-4-6-15(13)7-10-19(23)24-12-18(22)21-17-9-8-16(20)11-14(17)2/h3-11H,12H2,1-2H3,(H,21,22)/b10-7+. The van der Waals surface area contributed by atoms with Crippen LogP contribution in [-0.2, 0) is 14.3 Å². The van der Waals surface area contributed by atoms with Crippen molar-refractivity contribution in [3.8, 4) is 0 Å². The maximum atomic E-state index is 11.9. The fourth-order valence-electron chi connectivity index (χ4n) is 2.07. The number of hydrogen-bond acceptors (Lipinski definition) is 3. The molecule has 0 heterocycles. The van der Waals surface area contributed by atoms with Crippen LogP contribution >= 0.6 is 15.9 Å². The Bertz CT molecular complexity index is 784. The summed E-state index contributed by atoms with van der Waals surface area (Å²) in [6.45, 7) is 3.52. The maximum Gasteiger partial charge on any atom is 0.331 e. The summed E-state index contributed by atoms with van der Waals surface area (Å²) in [5.74, 6) is -0.931. The van der Waals surface area contributed by atoms with E-state index in [-0.39, 0.29) is 12.5 Å². The summed E-state index contributed by atoms with van der Waals surface area (Å²) in [4.78, 5) is 23.6. The Hall–Kier alpha value is -2.40. The summed E-state index contributed by atoms with van der Waals surface area (Å²) in [6.07, 6.45) is 2.99. The largest absolute Gasteiger partial charge is 0.452 e. The normalized spacial score (nSPS) is 10.6. The van der Waals surface area contributed by atoms with E-state index in [2.05, 4.69) is 21.2 Å². The molecule has 0 saturated heterocycles. The summed E-state index contributed by atoms with van der Waals surface area (Å²) in [5, 5.41) is 2.71. The molecule has 0 aromatic heterocycles. The van der Waals surface area contributed by atoms with E-state index in [1.54, 1.807) is 12.1 Å². The first-order valence-corrected chi connectivity index (χ1v) is 8.21. The van der Waals surface area contributed by atoms with Gasteiger partial charge in [0.05, 0.1) is 0 Å². The highest BCUT2D eigenvalue weighted by Gasteiger charge is 2.07. The minimum Gasteiger partial charge on any atom is -0.452 e. The summed E-state index contributed by atoms with van der Waals surface area (Å²) in [5.41, 5.74) is 3.60. The van der Waals surface area contributed by atoms with Crippen molar-refractivity contribution in [3.05, 3.63) is 69.7 Å². The van der Waals surface area contributed by atoms with Gasteiger partial charge < -0.3 is 10.1 Å². The molecule has 2 rings (SSSR count). The van der Waals surface area contributed by atoms with Gasteiger partial charge in [0.15, 0.2) is 6.61 Å². The van der Waals surface area contributed by atoms with Crippen LogP contribution in [0.3, 0.4) is 0 Å². The number of ether oxygens (including phenoxy) is 1. The zero-order valence-electron chi connectivity index (χ0n) is 13.5. The Labute approximate surface area is 149 Å². The summed E-state index contributed by atoms with van der Waals surface area (Å²) >= 11 is 3.36. The average molecular weight is 388 g/mol. The lowest BCUT2D eigenvalue weighted by Gasteiger charge is -2.08. The van der Waals surface area contributed by atoms with E-state index in [0.29, 0.717) is 5.69 Å². The van der Waals surface area contributed by atoms with Gasteiger partial charge in [0.1, 0.15) is 0 Å². The molecule has 0 radical (unpaired) electrons. The van der Waals surface area contributed by atoms with Gasteiger partial charge in [0.25, 0.3) is 5.91 Å². The quantitative estimate of drug-likeness (QED) is 0.615. The second-order valence-corrected chi connectivity index (χ2v) is 6.22. The average Bonchev–Trinajstić information content (AvgIpc) is 2.55. The molecule has 0 aliphatic heterocycles. The highest BCUT2D eigenvalue weighted by molar-refractivity contribution is 9.10. The molecule has 24 heavy (non-hydrogen) atoms. The zero-order chi connectivity index (χ0) is 17.5. The number of hydrogen-bond donors (Lipinski definition) is 1. The monoisotopic (exact) mass is 387 g/mol. The molecular formula is C19H18BrNO3. The van der Waals surface area contributed by atoms with Gasteiger partial charge in [0.2, 0.25) is 0 Å². The highest BCUT2D eigenvalue weighted by Crippen LogP contribution is 2.19. The van der Waals surface area contributed by atoms with Gasteiger partial charge in [-0.1, -0.05) is 40.2 Å². The second kappa shape index (κ2) is 8.45. The molecule has 2 aromatic rings. The molecule has 0 unspecified atom stereocenters. The molecule has 0 saturated carbocycles. The van der Waals surface area contributed by atoms with Crippen LogP contribution in [0.4, 0.5) is 5.69 Å². The van der Waals surface area contributed by atoms with Crippen LogP contribution in [-0.4, -0.2) is 18.5 Å². The number of rotatable bonds is 5. The van der Waals surface area contributed by atoms with E-state index in [0.717, 1.165) is 21.2 Å². The Kier molecular flexibility index (Phi) is 6.32. The molecule has 0 bridgehead atoms. The number of benzene rings is 2. The molecule has 5 heteroatoms. The summed E-state index contributed by atoms with van der Waals surface area (Å²) < 4.78 is 5.89. The van der Waals surface area contributed by atoms with Crippen molar-refractivity contribution in [3.63, 3.8) is 0 Å². The van der Waals surface area contributed by atoms with Gasteiger partial charge in [-0.15, -0.1) is 0 Å². The van der Waals surface area contributed by atoms with E-state index >= 15 is 0 Å². The first-order valence-electron chi connectivity index (χ1n) is 7.42. The Morgan fingerprint density at radius 3 is 2.58 bits per heavy atom. The van der Waals surface area contributed by atoms with E-state index < -0.39 is 5.97 Å². The van der Waals surface area contributed by atoms with E-state index in [1.807, 2.05) is 50.2 Å². The number of carbonyl (C=O) groups excluding carboxylic acids is 2. The van der Waals surface area contributed by atoms with E-state index in [4.69, 9.17) is 4.74 Å². The fourth-order valence-corrected chi connectivity index (χ4v) is 2.55. The van der Waals surface area contributed by atoms with Crippen molar-refractivity contribution in [1.29, 1.82) is 0 Å². The molecule has 0 aliphatic rings. The SMILES string of the molecule is Cc1ccccc1/C=C/C(=O)OCC(=O)Nc1ccc(Br)cc1C.